The van der Waals surface area contributed by atoms with E-state index in [1.165, 1.54) is 28.0 Å². The van der Waals surface area contributed by atoms with Crippen LogP contribution in [0.15, 0.2) is 54.6 Å². The molecule has 3 rings (SSSR count). The van der Waals surface area contributed by atoms with E-state index in [1.807, 2.05) is 30.3 Å². The molecule has 1 aliphatic rings. The van der Waals surface area contributed by atoms with Crippen molar-refractivity contribution >= 4 is 12.0 Å². The highest BCUT2D eigenvalue weighted by Gasteiger charge is 2.37. The zero-order chi connectivity index (χ0) is 20.1. The Morgan fingerprint density at radius 2 is 1.64 bits per heavy atom. The molecule has 1 aliphatic heterocycles. The van der Waals surface area contributed by atoms with Crippen molar-refractivity contribution in [3.63, 3.8) is 0 Å². The second-order valence-electron chi connectivity index (χ2n) is 7.12. The van der Waals surface area contributed by atoms with Gasteiger partial charge in [-0.25, -0.2) is 9.18 Å². The van der Waals surface area contributed by atoms with Crippen LogP contribution in [-0.2, 0) is 6.54 Å². The van der Waals surface area contributed by atoms with Gasteiger partial charge in [0.15, 0.2) is 0 Å². The summed E-state index contributed by atoms with van der Waals surface area (Å²) in [6.07, 6.45) is -0.588. The molecule has 1 saturated heterocycles. The molecule has 0 unspecified atom stereocenters. The van der Waals surface area contributed by atoms with E-state index >= 15 is 0 Å². The fourth-order valence-corrected chi connectivity index (χ4v) is 3.44. The maximum absolute atomic E-state index is 14.2. The predicted molar refractivity (Wildman–Crippen MR) is 101 cm³/mol. The lowest BCUT2D eigenvalue weighted by Crippen LogP contribution is -2.52. The van der Waals surface area contributed by atoms with Crippen LogP contribution in [0.4, 0.5) is 9.18 Å². The molecule has 28 heavy (non-hydrogen) atoms. The molecule has 0 saturated carbocycles. The highest BCUT2D eigenvalue weighted by atomic mass is 19.1. The number of amides is 2. The largest absolute Gasteiger partial charge is 0.465 e. The minimum atomic E-state index is -1.22. The van der Waals surface area contributed by atoms with Gasteiger partial charge >= 0.3 is 6.09 Å². The van der Waals surface area contributed by atoms with Crippen LogP contribution in [0, 0.1) is 5.82 Å². The summed E-state index contributed by atoms with van der Waals surface area (Å²) in [4.78, 5) is 26.8. The molecule has 0 aromatic heterocycles. The molecule has 6 nitrogen and oxygen atoms in total. The molecular weight excluding hydrogens is 363 g/mol. The van der Waals surface area contributed by atoms with E-state index in [0.29, 0.717) is 0 Å². The number of halogens is 1. The van der Waals surface area contributed by atoms with Crippen LogP contribution in [-0.4, -0.2) is 57.2 Å². The lowest BCUT2D eigenvalue weighted by atomic mass is 9.90. The maximum atomic E-state index is 14.2. The van der Waals surface area contributed by atoms with Gasteiger partial charge in [-0.05, 0) is 30.5 Å². The molecule has 2 aromatic carbocycles. The molecule has 148 valence electrons. The SMILES string of the molecule is O=C(O)N1CCC(O)(CN(Cc2ccccc2)C(=O)c2ccccc2F)CC1. The third-order valence-corrected chi connectivity index (χ3v) is 5.06. The minimum Gasteiger partial charge on any atom is -0.465 e. The standard InChI is InChI=1S/C21H23FN2O4/c22-18-9-5-4-8-17(18)19(25)24(14-16-6-2-1-3-7-16)15-21(28)10-12-23(13-11-21)20(26)27/h1-9,28H,10-15H2,(H,26,27). The second kappa shape index (κ2) is 8.39. The summed E-state index contributed by atoms with van der Waals surface area (Å²) in [6, 6.07) is 15.0. The summed E-state index contributed by atoms with van der Waals surface area (Å²) >= 11 is 0. The number of carbonyl (C=O) groups excluding carboxylic acids is 1. The lowest BCUT2D eigenvalue weighted by Gasteiger charge is -2.40. The molecule has 2 aromatic rings. The number of carboxylic acid groups (broad SMARTS) is 1. The van der Waals surface area contributed by atoms with Crippen molar-refractivity contribution in [3.05, 3.63) is 71.5 Å². The number of hydrogen-bond acceptors (Lipinski definition) is 3. The first-order valence-corrected chi connectivity index (χ1v) is 9.16. The molecular formula is C21H23FN2O4. The van der Waals surface area contributed by atoms with E-state index < -0.39 is 23.4 Å². The summed E-state index contributed by atoms with van der Waals surface area (Å²) in [6.45, 7) is 0.610. The molecule has 2 N–H and O–H groups in total. The quantitative estimate of drug-likeness (QED) is 0.828. The first-order chi connectivity index (χ1) is 13.4. The molecule has 0 aliphatic carbocycles. The van der Waals surface area contributed by atoms with Gasteiger partial charge in [0.05, 0.1) is 17.7 Å². The van der Waals surface area contributed by atoms with Crippen LogP contribution in [0.5, 0.6) is 0 Å². The molecule has 2 amide bonds. The number of likely N-dealkylation sites (tertiary alicyclic amines) is 1. The van der Waals surface area contributed by atoms with Gasteiger partial charge in [-0.1, -0.05) is 42.5 Å². The molecule has 0 spiro atoms. The fourth-order valence-electron chi connectivity index (χ4n) is 3.44. The number of aliphatic hydroxyl groups is 1. The molecule has 0 atom stereocenters. The number of rotatable bonds is 5. The first-order valence-electron chi connectivity index (χ1n) is 9.16. The Labute approximate surface area is 162 Å². The summed E-state index contributed by atoms with van der Waals surface area (Å²) in [5, 5.41) is 20.1. The number of carbonyl (C=O) groups is 2. The number of piperidine rings is 1. The normalized spacial score (nSPS) is 15.9. The van der Waals surface area contributed by atoms with Crippen molar-refractivity contribution < 1.29 is 24.2 Å². The van der Waals surface area contributed by atoms with Gasteiger partial charge in [0.1, 0.15) is 5.82 Å². The topological polar surface area (TPSA) is 81.1 Å². The van der Waals surface area contributed by atoms with Crippen LogP contribution in [0.1, 0.15) is 28.8 Å². The average molecular weight is 386 g/mol. The van der Waals surface area contributed by atoms with E-state index in [0.717, 1.165) is 5.56 Å². The van der Waals surface area contributed by atoms with Gasteiger partial charge in [-0.2, -0.15) is 0 Å². The highest BCUT2D eigenvalue weighted by Crippen LogP contribution is 2.25. The fraction of sp³-hybridized carbons (Fsp3) is 0.333. The average Bonchev–Trinajstić information content (AvgIpc) is 2.68. The number of benzene rings is 2. The molecule has 0 bridgehead atoms. The van der Waals surface area contributed by atoms with Crippen molar-refractivity contribution in [2.24, 2.45) is 0 Å². The Hall–Kier alpha value is -2.93. The van der Waals surface area contributed by atoms with Crippen molar-refractivity contribution in [1.82, 2.24) is 9.80 Å². The first kappa shape index (κ1) is 19.8. The smallest absolute Gasteiger partial charge is 0.407 e. The van der Waals surface area contributed by atoms with Gasteiger partial charge < -0.3 is 20.0 Å². The summed E-state index contributed by atoms with van der Waals surface area (Å²) in [5.41, 5.74) is -0.412. The third kappa shape index (κ3) is 4.67. The summed E-state index contributed by atoms with van der Waals surface area (Å²) in [5.74, 6) is -1.12. The monoisotopic (exact) mass is 386 g/mol. The van der Waals surface area contributed by atoms with Crippen molar-refractivity contribution in [3.8, 4) is 0 Å². The minimum absolute atomic E-state index is 0.00250. The Bertz CT molecular complexity index is 835. The van der Waals surface area contributed by atoms with Gasteiger partial charge in [-0.15, -0.1) is 0 Å². The van der Waals surface area contributed by atoms with Crippen molar-refractivity contribution in [1.29, 1.82) is 0 Å². The number of hydrogen-bond donors (Lipinski definition) is 2. The Morgan fingerprint density at radius 1 is 1.04 bits per heavy atom. The second-order valence-corrected chi connectivity index (χ2v) is 7.12. The third-order valence-electron chi connectivity index (χ3n) is 5.06. The molecule has 7 heteroatoms. The van der Waals surface area contributed by atoms with E-state index in [2.05, 4.69) is 0 Å². The van der Waals surface area contributed by atoms with Gasteiger partial charge in [-0.3, -0.25) is 4.79 Å². The Kier molecular flexibility index (Phi) is 5.94. The van der Waals surface area contributed by atoms with Crippen molar-refractivity contribution in [2.45, 2.75) is 25.0 Å². The highest BCUT2D eigenvalue weighted by molar-refractivity contribution is 5.94. The predicted octanol–water partition coefficient (Wildman–Crippen LogP) is 2.97. The molecule has 1 heterocycles. The van der Waals surface area contributed by atoms with Crippen LogP contribution in [0.2, 0.25) is 0 Å². The molecule has 0 radical (unpaired) electrons. The van der Waals surface area contributed by atoms with E-state index in [9.17, 15) is 19.1 Å². The van der Waals surface area contributed by atoms with Gasteiger partial charge in [0.25, 0.3) is 5.91 Å². The van der Waals surface area contributed by atoms with Crippen molar-refractivity contribution in [2.75, 3.05) is 19.6 Å². The van der Waals surface area contributed by atoms with Crippen LogP contribution < -0.4 is 0 Å². The summed E-state index contributed by atoms with van der Waals surface area (Å²) in [7, 11) is 0. The van der Waals surface area contributed by atoms with Gasteiger partial charge in [0, 0.05) is 19.6 Å². The van der Waals surface area contributed by atoms with Crippen LogP contribution in [0.3, 0.4) is 0 Å². The van der Waals surface area contributed by atoms with E-state index in [4.69, 9.17) is 5.11 Å². The molecule has 1 fully saturated rings. The maximum Gasteiger partial charge on any atom is 0.407 e. The zero-order valence-corrected chi connectivity index (χ0v) is 15.4. The van der Waals surface area contributed by atoms with Crippen LogP contribution in [0.25, 0.3) is 0 Å². The number of nitrogens with zero attached hydrogens (tertiary/aromatic N) is 2. The van der Waals surface area contributed by atoms with E-state index in [-0.39, 0.29) is 44.6 Å². The summed E-state index contributed by atoms with van der Waals surface area (Å²) < 4.78 is 14.2. The van der Waals surface area contributed by atoms with Gasteiger partial charge in [0.2, 0.25) is 0 Å². The van der Waals surface area contributed by atoms with E-state index in [1.54, 1.807) is 6.07 Å². The zero-order valence-electron chi connectivity index (χ0n) is 15.4. The van der Waals surface area contributed by atoms with Crippen LogP contribution >= 0.6 is 0 Å². The lowest BCUT2D eigenvalue weighted by molar-refractivity contribution is -0.0384. The Morgan fingerprint density at radius 3 is 2.25 bits per heavy atom. The Balaban J connectivity index is 1.81.